The van der Waals surface area contributed by atoms with Gasteiger partial charge in [0.2, 0.25) is 0 Å². The van der Waals surface area contributed by atoms with Gasteiger partial charge in [-0.2, -0.15) is 5.26 Å². The molecule has 1 aromatic rings. The predicted octanol–water partition coefficient (Wildman–Crippen LogP) is 0.591. The molecule has 0 saturated heterocycles. The Morgan fingerprint density at radius 2 is 2.40 bits per heavy atom. The minimum atomic E-state index is -0.621. The third-order valence-corrected chi connectivity index (χ3v) is 1.80. The van der Waals surface area contributed by atoms with Crippen LogP contribution in [0.3, 0.4) is 0 Å². The molecule has 0 aliphatic carbocycles. The van der Waals surface area contributed by atoms with Gasteiger partial charge in [0, 0.05) is 11.6 Å². The number of nitrogens with zero attached hydrogens (tertiary/aromatic N) is 2. The zero-order chi connectivity index (χ0) is 11.3. The first-order valence-electron chi connectivity index (χ1n) is 4.33. The van der Waals surface area contributed by atoms with Crippen molar-refractivity contribution in [3.8, 4) is 6.07 Å². The highest BCUT2D eigenvalue weighted by atomic mass is 16.5. The van der Waals surface area contributed by atoms with Crippen LogP contribution in [0.25, 0.3) is 6.08 Å². The molecule has 0 unspecified atom stereocenters. The van der Waals surface area contributed by atoms with Gasteiger partial charge in [0.1, 0.15) is 18.7 Å². The topological polar surface area (TPSA) is 54.0 Å². The Labute approximate surface area is 88.0 Å². The third kappa shape index (κ3) is 2.92. The molecule has 0 aromatic carbocycles. The van der Waals surface area contributed by atoms with Crippen LogP contribution in [0.1, 0.15) is 5.56 Å². The molecule has 0 radical (unpaired) electrons. The van der Waals surface area contributed by atoms with Gasteiger partial charge in [0.25, 0.3) is 0 Å². The van der Waals surface area contributed by atoms with Gasteiger partial charge in [-0.25, -0.2) is 9.36 Å². The zero-order valence-corrected chi connectivity index (χ0v) is 8.60. The minimum absolute atomic E-state index is 0.0105. The van der Waals surface area contributed by atoms with Crippen molar-refractivity contribution < 1.29 is 14.1 Å². The van der Waals surface area contributed by atoms with Gasteiger partial charge in [-0.15, -0.1) is 0 Å². The Morgan fingerprint density at radius 3 is 2.93 bits per heavy atom. The Hall–Kier alpha value is -2.15. The molecule has 0 aliphatic heterocycles. The van der Waals surface area contributed by atoms with Crippen LogP contribution in [0.2, 0.25) is 0 Å². The number of aromatic nitrogens is 1. The molecule has 0 amide bonds. The van der Waals surface area contributed by atoms with Crippen LogP contribution in [0.4, 0.5) is 0 Å². The second-order valence-corrected chi connectivity index (χ2v) is 2.96. The van der Waals surface area contributed by atoms with Crippen LogP contribution < -0.4 is 4.57 Å². The molecule has 0 bridgehead atoms. The van der Waals surface area contributed by atoms with E-state index < -0.39 is 5.97 Å². The first kappa shape index (κ1) is 10.9. The lowest BCUT2D eigenvalue weighted by Crippen LogP contribution is -2.26. The highest BCUT2D eigenvalue weighted by molar-refractivity contribution is 5.97. The number of aryl methyl sites for hydroxylation is 1. The Morgan fingerprint density at radius 1 is 1.67 bits per heavy atom. The summed E-state index contributed by atoms with van der Waals surface area (Å²) in [6.45, 7) is 0. The summed E-state index contributed by atoms with van der Waals surface area (Å²) < 4.78 is 6.30. The molecule has 0 spiro atoms. The van der Waals surface area contributed by atoms with Crippen LogP contribution in [-0.4, -0.2) is 13.1 Å². The fraction of sp³-hybridized carbons (Fsp3) is 0.182. The van der Waals surface area contributed by atoms with Crippen LogP contribution in [0, 0.1) is 11.3 Å². The highest BCUT2D eigenvalue weighted by Gasteiger charge is 2.08. The van der Waals surface area contributed by atoms with Gasteiger partial charge >= 0.3 is 5.97 Å². The van der Waals surface area contributed by atoms with Gasteiger partial charge in [-0.3, -0.25) is 0 Å². The molecule has 4 nitrogen and oxygen atoms in total. The van der Waals surface area contributed by atoms with Crippen LogP contribution in [-0.2, 0) is 16.6 Å². The maximum absolute atomic E-state index is 11.1. The van der Waals surface area contributed by atoms with Gasteiger partial charge in [0.15, 0.2) is 12.4 Å². The second kappa shape index (κ2) is 4.91. The number of carbonyl (C=O) groups is 1. The normalized spacial score (nSPS) is 10.6. The fourth-order valence-electron chi connectivity index (χ4n) is 1.11. The van der Waals surface area contributed by atoms with E-state index in [0.717, 1.165) is 5.56 Å². The number of ether oxygens (including phenoxy) is 1. The quantitative estimate of drug-likeness (QED) is 0.306. The fourth-order valence-corrected chi connectivity index (χ4v) is 1.11. The number of rotatable bonds is 2. The summed E-state index contributed by atoms with van der Waals surface area (Å²) in [7, 11) is 3.11. The molecule has 4 heteroatoms. The maximum Gasteiger partial charge on any atom is 0.348 e. The number of hydrogen-bond donors (Lipinski definition) is 0. The molecule has 1 rings (SSSR count). The lowest BCUT2D eigenvalue weighted by Gasteiger charge is -1.95. The monoisotopic (exact) mass is 203 g/mol. The Bertz CT molecular complexity index is 444. The smallest absolute Gasteiger partial charge is 0.348 e. The number of carbonyl (C=O) groups excluding carboxylic acids is 1. The van der Waals surface area contributed by atoms with Gasteiger partial charge < -0.3 is 4.74 Å². The van der Waals surface area contributed by atoms with E-state index in [9.17, 15) is 4.79 Å². The van der Waals surface area contributed by atoms with Crippen molar-refractivity contribution in [3.63, 3.8) is 0 Å². The van der Waals surface area contributed by atoms with Gasteiger partial charge in [0.05, 0.1) is 7.11 Å². The van der Waals surface area contributed by atoms with E-state index in [1.807, 2.05) is 23.9 Å². The second-order valence-electron chi connectivity index (χ2n) is 2.96. The average Bonchev–Trinajstić information content (AvgIpc) is 2.25. The summed E-state index contributed by atoms with van der Waals surface area (Å²) in [6.07, 6.45) is 5.16. The number of hydrogen-bond acceptors (Lipinski definition) is 3. The average molecular weight is 203 g/mol. The van der Waals surface area contributed by atoms with Crippen molar-refractivity contribution in [3.05, 3.63) is 35.7 Å². The lowest BCUT2D eigenvalue weighted by molar-refractivity contribution is -0.671. The number of esters is 1. The maximum atomic E-state index is 11.1. The Kier molecular flexibility index (Phi) is 3.58. The van der Waals surface area contributed by atoms with Gasteiger partial charge in [-0.05, 0) is 12.1 Å². The largest absolute Gasteiger partial charge is 0.465 e. The summed E-state index contributed by atoms with van der Waals surface area (Å²) in [4.78, 5) is 11.1. The van der Waals surface area contributed by atoms with Crippen molar-refractivity contribution in [2.45, 2.75) is 0 Å². The number of methoxy groups -OCH3 is 1. The van der Waals surface area contributed by atoms with E-state index in [1.165, 1.54) is 13.2 Å². The molecule has 0 N–H and O–H groups in total. The summed E-state index contributed by atoms with van der Waals surface area (Å²) in [5.74, 6) is -0.621. The van der Waals surface area contributed by atoms with Crippen molar-refractivity contribution in [2.24, 2.45) is 7.05 Å². The molecule has 15 heavy (non-hydrogen) atoms. The standard InChI is InChI=1S/C11H11N2O2/c1-13-5-3-4-9(8-13)6-10(7-12)11(14)15-2/h3-6,8H,1-2H3/q+1/b10-6-. The number of nitriles is 1. The molecule has 0 aliphatic rings. The molecular weight excluding hydrogens is 192 g/mol. The Balaban J connectivity index is 3.05. The highest BCUT2D eigenvalue weighted by Crippen LogP contribution is 2.04. The first-order valence-corrected chi connectivity index (χ1v) is 4.33. The molecule has 1 aromatic heterocycles. The summed E-state index contributed by atoms with van der Waals surface area (Å²) in [5, 5.41) is 8.73. The van der Waals surface area contributed by atoms with E-state index in [0.29, 0.717) is 0 Å². The summed E-state index contributed by atoms with van der Waals surface area (Å²) in [6, 6.07) is 5.44. The van der Waals surface area contributed by atoms with Crippen molar-refractivity contribution >= 4 is 12.0 Å². The molecule has 0 atom stereocenters. The summed E-state index contributed by atoms with van der Waals surface area (Å²) in [5.41, 5.74) is 0.769. The minimum Gasteiger partial charge on any atom is -0.465 e. The molecule has 1 heterocycles. The molecule has 0 fully saturated rings. The van der Waals surface area contributed by atoms with Crippen LogP contribution >= 0.6 is 0 Å². The lowest BCUT2D eigenvalue weighted by atomic mass is 10.2. The van der Waals surface area contributed by atoms with E-state index >= 15 is 0 Å². The number of pyridine rings is 1. The molecule has 76 valence electrons. The zero-order valence-electron chi connectivity index (χ0n) is 8.60. The van der Waals surface area contributed by atoms with E-state index in [1.54, 1.807) is 18.3 Å². The predicted molar refractivity (Wildman–Crippen MR) is 53.2 cm³/mol. The third-order valence-electron chi connectivity index (χ3n) is 1.80. The van der Waals surface area contributed by atoms with Gasteiger partial charge in [-0.1, -0.05) is 0 Å². The van der Waals surface area contributed by atoms with Crippen LogP contribution in [0.5, 0.6) is 0 Å². The molecular formula is C11H11N2O2+. The van der Waals surface area contributed by atoms with E-state index in [-0.39, 0.29) is 5.57 Å². The van der Waals surface area contributed by atoms with E-state index in [2.05, 4.69) is 4.74 Å². The first-order chi connectivity index (χ1) is 7.17. The van der Waals surface area contributed by atoms with Crippen LogP contribution in [0.15, 0.2) is 30.1 Å². The van der Waals surface area contributed by atoms with Crippen molar-refractivity contribution in [1.82, 2.24) is 0 Å². The SMILES string of the molecule is COC(=O)/C(C#N)=C\c1ccc[n+](C)c1. The van der Waals surface area contributed by atoms with Crippen molar-refractivity contribution in [1.29, 1.82) is 5.26 Å². The van der Waals surface area contributed by atoms with E-state index in [4.69, 9.17) is 5.26 Å². The summed E-state index contributed by atoms with van der Waals surface area (Å²) >= 11 is 0. The molecule has 0 saturated carbocycles. The van der Waals surface area contributed by atoms with Crippen molar-refractivity contribution in [2.75, 3.05) is 7.11 Å².